The van der Waals surface area contributed by atoms with Crippen molar-refractivity contribution in [2.75, 3.05) is 18.0 Å². The third-order valence-corrected chi connectivity index (χ3v) is 5.93. The molecule has 3 amide bonds. The molecule has 2 saturated heterocycles. The van der Waals surface area contributed by atoms with E-state index in [0.717, 1.165) is 29.4 Å². The van der Waals surface area contributed by atoms with Crippen LogP contribution in [0.2, 0.25) is 5.02 Å². The molecule has 8 nitrogen and oxygen atoms in total. The maximum Gasteiger partial charge on any atom is 0.290 e. The van der Waals surface area contributed by atoms with E-state index in [1.165, 1.54) is 0 Å². The number of rotatable bonds is 4. The Morgan fingerprint density at radius 3 is 2.93 bits per heavy atom. The number of imide groups is 1. The van der Waals surface area contributed by atoms with Crippen molar-refractivity contribution in [1.29, 1.82) is 0 Å². The van der Waals surface area contributed by atoms with Gasteiger partial charge in [-0.25, -0.2) is 4.98 Å². The minimum absolute atomic E-state index is 0.0540. The lowest BCUT2D eigenvalue weighted by Crippen LogP contribution is -2.38. The van der Waals surface area contributed by atoms with Crippen LogP contribution in [0.3, 0.4) is 0 Å². The lowest BCUT2D eigenvalue weighted by atomic mass is 10.1. The molecule has 29 heavy (non-hydrogen) atoms. The van der Waals surface area contributed by atoms with Gasteiger partial charge >= 0.3 is 0 Å². The lowest BCUT2D eigenvalue weighted by molar-refractivity contribution is -0.115. The van der Waals surface area contributed by atoms with Gasteiger partial charge in [-0.15, -0.1) is 0 Å². The molecule has 2 N–H and O–H groups in total. The highest BCUT2D eigenvalue weighted by Gasteiger charge is 2.29. The Morgan fingerprint density at radius 2 is 2.24 bits per heavy atom. The van der Waals surface area contributed by atoms with Crippen molar-refractivity contribution in [3.05, 3.63) is 51.9 Å². The van der Waals surface area contributed by atoms with Gasteiger partial charge in [0.1, 0.15) is 0 Å². The Kier molecular flexibility index (Phi) is 5.33. The van der Waals surface area contributed by atoms with Gasteiger partial charge in [0.2, 0.25) is 0 Å². The number of imidazole rings is 1. The molecule has 1 aromatic heterocycles. The molecule has 0 aliphatic carbocycles. The maximum atomic E-state index is 12.4. The monoisotopic (exact) mass is 431 g/mol. The maximum absolute atomic E-state index is 12.4. The van der Waals surface area contributed by atoms with Gasteiger partial charge in [-0.05, 0) is 30.3 Å². The number of hydrogen-bond acceptors (Lipinski definition) is 6. The van der Waals surface area contributed by atoms with Gasteiger partial charge in [0.25, 0.3) is 17.1 Å². The number of carbonyl (C=O) groups excluding carboxylic acids is 3. The average Bonchev–Trinajstić information content (AvgIpc) is 3.36. The van der Waals surface area contributed by atoms with E-state index in [1.54, 1.807) is 42.2 Å². The summed E-state index contributed by atoms with van der Waals surface area (Å²) in [4.78, 5) is 42.2. The van der Waals surface area contributed by atoms with Crippen LogP contribution in [-0.4, -0.2) is 45.7 Å². The first kappa shape index (κ1) is 19.5. The quantitative estimate of drug-likeness (QED) is 0.721. The number of nitrogens with zero attached hydrogens (tertiary/aromatic N) is 3. The second-order valence-corrected chi connectivity index (χ2v) is 8.22. The molecule has 1 atom stereocenters. The van der Waals surface area contributed by atoms with Crippen molar-refractivity contribution in [3.8, 4) is 0 Å². The van der Waals surface area contributed by atoms with E-state index >= 15 is 0 Å². The summed E-state index contributed by atoms with van der Waals surface area (Å²) in [6.45, 7) is 1.28. The topological polar surface area (TPSA) is 96.3 Å². The third kappa shape index (κ3) is 4.01. The second-order valence-electron chi connectivity index (χ2n) is 6.80. The van der Waals surface area contributed by atoms with Gasteiger partial charge in [0, 0.05) is 44.1 Å². The SMILES string of the molecule is Cn1ccnc1C(=O)NC1CCN(c2c(Cl)cccc2/C=C2/SC(=O)NC2=O)C1. The summed E-state index contributed by atoms with van der Waals surface area (Å²) in [5.41, 5.74) is 1.53. The zero-order chi connectivity index (χ0) is 20.5. The van der Waals surface area contributed by atoms with E-state index in [1.807, 2.05) is 6.07 Å². The molecule has 0 spiro atoms. The fourth-order valence-electron chi connectivity index (χ4n) is 3.46. The van der Waals surface area contributed by atoms with Crippen LogP contribution in [0.5, 0.6) is 0 Å². The second kappa shape index (κ2) is 7.92. The minimum Gasteiger partial charge on any atom is -0.368 e. The Labute approximate surface area is 176 Å². The van der Waals surface area contributed by atoms with E-state index in [9.17, 15) is 14.4 Å². The van der Waals surface area contributed by atoms with Crippen molar-refractivity contribution in [2.45, 2.75) is 12.5 Å². The van der Waals surface area contributed by atoms with E-state index in [-0.39, 0.29) is 17.2 Å². The van der Waals surface area contributed by atoms with Crippen LogP contribution in [-0.2, 0) is 11.8 Å². The van der Waals surface area contributed by atoms with Crippen molar-refractivity contribution in [2.24, 2.45) is 7.05 Å². The molecule has 1 aromatic carbocycles. The molecule has 2 aliphatic heterocycles. The number of nitrogens with one attached hydrogen (secondary N) is 2. The zero-order valence-corrected chi connectivity index (χ0v) is 17.1. The number of hydrogen-bond donors (Lipinski definition) is 2. The van der Waals surface area contributed by atoms with Gasteiger partial charge in [-0.1, -0.05) is 23.7 Å². The van der Waals surface area contributed by atoms with Crippen LogP contribution in [0.4, 0.5) is 10.5 Å². The number of aromatic nitrogens is 2. The summed E-state index contributed by atoms with van der Waals surface area (Å²) in [7, 11) is 1.77. The molecule has 0 saturated carbocycles. The van der Waals surface area contributed by atoms with Crippen LogP contribution in [0, 0.1) is 0 Å². The normalized spacial score (nSPS) is 20.4. The first-order valence-electron chi connectivity index (χ1n) is 8.99. The molecule has 0 bridgehead atoms. The van der Waals surface area contributed by atoms with Gasteiger partial charge in [-0.2, -0.15) is 0 Å². The molecule has 10 heteroatoms. The minimum atomic E-state index is -0.410. The average molecular weight is 432 g/mol. The van der Waals surface area contributed by atoms with Crippen molar-refractivity contribution >= 4 is 52.2 Å². The molecule has 4 rings (SSSR count). The molecular weight excluding hydrogens is 414 g/mol. The number of amides is 3. The molecular formula is C19H18ClN5O3S. The van der Waals surface area contributed by atoms with E-state index in [4.69, 9.17) is 11.6 Å². The summed E-state index contributed by atoms with van der Waals surface area (Å²) < 4.78 is 1.67. The summed E-state index contributed by atoms with van der Waals surface area (Å²) in [6, 6.07) is 5.38. The highest BCUT2D eigenvalue weighted by Crippen LogP contribution is 2.36. The number of thioether (sulfide) groups is 1. The highest BCUT2D eigenvalue weighted by molar-refractivity contribution is 8.18. The summed E-state index contributed by atoms with van der Waals surface area (Å²) in [5, 5.41) is 5.42. The van der Waals surface area contributed by atoms with Crippen LogP contribution in [0.25, 0.3) is 6.08 Å². The van der Waals surface area contributed by atoms with Crippen LogP contribution < -0.4 is 15.5 Å². The third-order valence-electron chi connectivity index (χ3n) is 4.81. The standard InChI is InChI=1S/C19H18ClN5O3S/c1-24-8-6-21-16(24)18(27)22-12-5-7-25(10-12)15-11(3-2-4-13(15)20)9-14-17(26)23-19(28)29-14/h2-4,6,8-9,12H,5,7,10H2,1H3,(H,22,27)(H,23,26,28)/b14-9+. The number of para-hydroxylation sites is 1. The fraction of sp³-hybridized carbons (Fsp3) is 0.263. The Hall–Kier alpha value is -2.78. The van der Waals surface area contributed by atoms with Gasteiger partial charge in [0.15, 0.2) is 5.82 Å². The van der Waals surface area contributed by atoms with Gasteiger partial charge < -0.3 is 14.8 Å². The number of anilines is 1. The molecule has 2 aliphatic rings. The first-order valence-corrected chi connectivity index (χ1v) is 10.2. The molecule has 0 radical (unpaired) electrons. The fourth-order valence-corrected chi connectivity index (χ4v) is 4.43. The largest absolute Gasteiger partial charge is 0.368 e. The predicted octanol–water partition coefficient (Wildman–Crippen LogP) is 2.41. The first-order chi connectivity index (χ1) is 13.9. The van der Waals surface area contributed by atoms with Crippen LogP contribution >= 0.6 is 23.4 Å². The smallest absolute Gasteiger partial charge is 0.290 e. The molecule has 150 valence electrons. The number of aryl methyl sites for hydroxylation is 1. The number of carbonyl (C=O) groups is 3. The van der Waals surface area contributed by atoms with Crippen LogP contribution in [0.15, 0.2) is 35.5 Å². The van der Waals surface area contributed by atoms with E-state index in [0.29, 0.717) is 28.8 Å². The van der Waals surface area contributed by atoms with E-state index < -0.39 is 5.91 Å². The Morgan fingerprint density at radius 1 is 1.41 bits per heavy atom. The summed E-state index contributed by atoms with van der Waals surface area (Å²) in [6.07, 6.45) is 5.74. The van der Waals surface area contributed by atoms with Crippen LogP contribution in [0.1, 0.15) is 22.6 Å². The summed E-state index contributed by atoms with van der Waals surface area (Å²) in [5.74, 6) is -0.267. The van der Waals surface area contributed by atoms with Gasteiger partial charge in [-0.3, -0.25) is 19.7 Å². The molecule has 3 heterocycles. The highest BCUT2D eigenvalue weighted by atomic mass is 35.5. The van der Waals surface area contributed by atoms with Crippen molar-refractivity contribution < 1.29 is 14.4 Å². The van der Waals surface area contributed by atoms with Crippen molar-refractivity contribution in [1.82, 2.24) is 20.2 Å². The predicted molar refractivity (Wildman–Crippen MR) is 112 cm³/mol. The molecule has 2 fully saturated rings. The lowest BCUT2D eigenvalue weighted by Gasteiger charge is -2.23. The Bertz CT molecular complexity index is 1030. The number of halogens is 1. The van der Waals surface area contributed by atoms with Crippen molar-refractivity contribution in [3.63, 3.8) is 0 Å². The Balaban J connectivity index is 1.53. The molecule has 2 aromatic rings. The van der Waals surface area contributed by atoms with Gasteiger partial charge in [0.05, 0.1) is 15.6 Å². The number of benzene rings is 1. The van der Waals surface area contributed by atoms with E-state index in [2.05, 4.69) is 20.5 Å². The summed E-state index contributed by atoms with van der Waals surface area (Å²) >= 11 is 7.34. The molecule has 1 unspecified atom stereocenters. The zero-order valence-electron chi connectivity index (χ0n) is 15.5.